The molecule has 1 aromatic carbocycles. The van der Waals surface area contributed by atoms with Crippen LogP contribution in [0.3, 0.4) is 0 Å². The number of halogens is 1. The summed E-state index contributed by atoms with van der Waals surface area (Å²) in [5.74, 6) is 0.697. The summed E-state index contributed by atoms with van der Waals surface area (Å²) in [5, 5.41) is 2.83. The Labute approximate surface area is 110 Å². The summed E-state index contributed by atoms with van der Waals surface area (Å²) < 4.78 is 6.03. The molecule has 17 heavy (non-hydrogen) atoms. The zero-order valence-corrected chi connectivity index (χ0v) is 11.9. The van der Waals surface area contributed by atoms with Gasteiger partial charge in [0.15, 0.2) is 0 Å². The maximum absolute atomic E-state index is 11.8. The fraction of sp³-hybridized carbons (Fsp3) is 0.417. The van der Waals surface area contributed by atoms with E-state index in [1.807, 2.05) is 26.0 Å². The first kappa shape index (κ1) is 13.8. The molecule has 0 aliphatic carbocycles. The normalized spacial score (nSPS) is 9.88. The summed E-state index contributed by atoms with van der Waals surface area (Å²) in [6.45, 7) is 5.28. The van der Waals surface area contributed by atoms with Gasteiger partial charge in [-0.05, 0) is 41.9 Å². The third-order valence-electron chi connectivity index (χ3n) is 2.45. The fourth-order valence-electron chi connectivity index (χ4n) is 1.45. The number of nitrogens with one attached hydrogen (secondary N) is 1. The molecule has 5 heteroatoms. The van der Waals surface area contributed by atoms with E-state index in [1.165, 1.54) is 0 Å². The highest BCUT2D eigenvalue weighted by Gasteiger charge is 2.10. The molecule has 0 heterocycles. The Morgan fingerprint density at radius 3 is 2.59 bits per heavy atom. The van der Waals surface area contributed by atoms with Crippen LogP contribution in [0.5, 0.6) is 5.75 Å². The molecule has 4 nitrogen and oxygen atoms in total. The molecule has 0 saturated carbocycles. The molecule has 94 valence electrons. The summed E-state index contributed by atoms with van der Waals surface area (Å²) >= 11 is 3.36. The summed E-state index contributed by atoms with van der Waals surface area (Å²) in [7, 11) is 1.59. The van der Waals surface area contributed by atoms with Gasteiger partial charge in [0.1, 0.15) is 5.75 Å². The van der Waals surface area contributed by atoms with Gasteiger partial charge in [-0.25, -0.2) is 4.79 Å². The minimum Gasteiger partial charge on any atom is -0.495 e. The van der Waals surface area contributed by atoms with Crippen LogP contribution in [0.1, 0.15) is 13.8 Å². The maximum Gasteiger partial charge on any atom is 0.321 e. The van der Waals surface area contributed by atoms with Crippen molar-refractivity contribution in [2.75, 3.05) is 25.5 Å². The number of carbonyl (C=O) groups is 1. The van der Waals surface area contributed by atoms with Crippen LogP contribution in [-0.4, -0.2) is 31.1 Å². The van der Waals surface area contributed by atoms with Crippen molar-refractivity contribution in [2.24, 2.45) is 0 Å². The largest absolute Gasteiger partial charge is 0.495 e. The van der Waals surface area contributed by atoms with E-state index < -0.39 is 0 Å². The smallest absolute Gasteiger partial charge is 0.321 e. The second-order valence-electron chi connectivity index (χ2n) is 3.45. The lowest BCUT2D eigenvalue weighted by Crippen LogP contribution is -2.34. The van der Waals surface area contributed by atoms with Crippen molar-refractivity contribution in [2.45, 2.75) is 13.8 Å². The van der Waals surface area contributed by atoms with E-state index >= 15 is 0 Å². The third kappa shape index (κ3) is 3.63. The Balaban J connectivity index is 2.78. The van der Waals surface area contributed by atoms with E-state index in [1.54, 1.807) is 18.1 Å². The van der Waals surface area contributed by atoms with Crippen molar-refractivity contribution in [3.63, 3.8) is 0 Å². The van der Waals surface area contributed by atoms with E-state index in [0.29, 0.717) is 18.8 Å². The molecule has 0 fully saturated rings. The Morgan fingerprint density at radius 1 is 1.41 bits per heavy atom. The minimum absolute atomic E-state index is 0.0978. The lowest BCUT2D eigenvalue weighted by atomic mass is 10.3. The van der Waals surface area contributed by atoms with Crippen molar-refractivity contribution < 1.29 is 9.53 Å². The number of carbonyl (C=O) groups excluding carboxylic acids is 1. The molecule has 0 aliphatic heterocycles. The van der Waals surface area contributed by atoms with E-state index in [2.05, 4.69) is 21.2 Å². The lowest BCUT2D eigenvalue weighted by molar-refractivity contribution is 0.217. The Bertz CT molecular complexity index is 392. The molecule has 2 amide bonds. The van der Waals surface area contributed by atoms with E-state index in [4.69, 9.17) is 4.74 Å². The van der Waals surface area contributed by atoms with Crippen LogP contribution in [0.15, 0.2) is 22.7 Å². The molecular weight excluding hydrogens is 284 g/mol. The van der Waals surface area contributed by atoms with Gasteiger partial charge in [-0.15, -0.1) is 0 Å². The van der Waals surface area contributed by atoms with Crippen LogP contribution in [0.25, 0.3) is 0 Å². The average Bonchev–Trinajstić information content (AvgIpc) is 2.33. The Morgan fingerprint density at radius 2 is 2.06 bits per heavy atom. The lowest BCUT2D eigenvalue weighted by Gasteiger charge is -2.19. The molecule has 0 unspecified atom stereocenters. The Kier molecular flexibility index (Phi) is 5.28. The maximum atomic E-state index is 11.8. The molecule has 1 aromatic rings. The van der Waals surface area contributed by atoms with E-state index in [-0.39, 0.29) is 6.03 Å². The van der Waals surface area contributed by atoms with Crippen LogP contribution in [0.2, 0.25) is 0 Å². The van der Waals surface area contributed by atoms with Crippen molar-refractivity contribution in [1.29, 1.82) is 0 Å². The Hall–Kier alpha value is -1.23. The van der Waals surface area contributed by atoms with Crippen molar-refractivity contribution in [1.82, 2.24) is 4.90 Å². The first-order valence-corrected chi connectivity index (χ1v) is 6.31. The highest BCUT2D eigenvalue weighted by molar-refractivity contribution is 9.10. The predicted molar refractivity (Wildman–Crippen MR) is 72.6 cm³/mol. The quantitative estimate of drug-likeness (QED) is 0.927. The second kappa shape index (κ2) is 6.49. The van der Waals surface area contributed by atoms with E-state index in [0.717, 1.165) is 10.2 Å². The molecule has 0 bridgehead atoms. The van der Waals surface area contributed by atoms with Gasteiger partial charge in [-0.1, -0.05) is 0 Å². The van der Waals surface area contributed by atoms with Gasteiger partial charge in [-0.2, -0.15) is 0 Å². The predicted octanol–water partition coefficient (Wildman–Crippen LogP) is 3.33. The summed E-state index contributed by atoms with van der Waals surface area (Å²) in [4.78, 5) is 13.5. The molecule has 0 aliphatic rings. The van der Waals surface area contributed by atoms with Crippen molar-refractivity contribution in [3.8, 4) is 5.75 Å². The van der Waals surface area contributed by atoms with Crippen LogP contribution in [0, 0.1) is 0 Å². The number of hydrogen-bond acceptors (Lipinski definition) is 2. The van der Waals surface area contributed by atoms with Gasteiger partial charge in [0.05, 0.1) is 11.6 Å². The van der Waals surface area contributed by atoms with Crippen LogP contribution in [0.4, 0.5) is 10.5 Å². The number of ether oxygens (including phenoxy) is 1. The number of nitrogens with zero attached hydrogens (tertiary/aromatic N) is 1. The topological polar surface area (TPSA) is 41.6 Å². The number of hydrogen-bond donors (Lipinski definition) is 1. The van der Waals surface area contributed by atoms with Crippen LogP contribution < -0.4 is 10.1 Å². The average molecular weight is 301 g/mol. The summed E-state index contributed by atoms with van der Waals surface area (Å²) in [5.41, 5.74) is 0.724. The number of rotatable bonds is 4. The summed E-state index contributed by atoms with van der Waals surface area (Å²) in [6.07, 6.45) is 0. The molecule has 0 aromatic heterocycles. The standard InChI is InChI=1S/C12H17BrN2O2/c1-4-15(5-2)12(16)14-9-6-7-10(13)11(8-9)17-3/h6-8H,4-5H2,1-3H3,(H,14,16). The fourth-order valence-corrected chi connectivity index (χ4v) is 1.86. The number of amides is 2. The summed E-state index contributed by atoms with van der Waals surface area (Å²) in [6, 6.07) is 5.36. The van der Waals surface area contributed by atoms with Crippen LogP contribution >= 0.6 is 15.9 Å². The molecular formula is C12H17BrN2O2. The first-order chi connectivity index (χ1) is 8.12. The zero-order valence-electron chi connectivity index (χ0n) is 10.3. The molecule has 1 rings (SSSR count). The van der Waals surface area contributed by atoms with Crippen molar-refractivity contribution in [3.05, 3.63) is 22.7 Å². The number of methoxy groups -OCH3 is 1. The molecule has 0 radical (unpaired) electrons. The zero-order chi connectivity index (χ0) is 12.8. The number of benzene rings is 1. The molecule has 0 spiro atoms. The first-order valence-electron chi connectivity index (χ1n) is 5.51. The minimum atomic E-state index is -0.0978. The molecule has 0 atom stereocenters. The highest BCUT2D eigenvalue weighted by atomic mass is 79.9. The van der Waals surface area contributed by atoms with Gasteiger partial charge >= 0.3 is 6.03 Å². The number of urea groups is 1. The van der Waals surface area contributed by atoms with Gasteiger partial charge in [0.25, 0.3) is 0 Å². The highest BCUT2D eigenvalue weighted by Crippen LogP contribution is 2.27. The van der Waals surface area contributed by atoms with Crippen LogP contribution in [-0.2, 0) is 0 Å². The van der Waals surface area contributed by atoms with Gasteiger partial charge in [0, 0.05) is 24.8 Å². The number of anilines is 1. The van der Waals surface area contributed by atoms with Gasteiger partial charge in [-0.3, -0.25) is 0 Å². The van der Waals surface area contributed by atoms with Gasteiger partial charge in [0.2, 0.25) is 0 Å². The third-order valence-corrected chi connectivity index (χ3v) is 3.11. The van der Waals surface area contributed by atoms with Crippen molar-refractivity contribution >= 4 is 27.6 Å². The molecule has 1 N–H and O–H groups in total. The monoisotopic (exact) mass is 300 g/mol. The van der Waals surface area contributed by atoms with Gasteiger partial charge < -0.3 is 15.0 Å². The van der Waals surface area contributed by atoms with E-state index in [9.17, 15) is 4.79 Å². The molecule has 0 saturated heterocycles. The SMILES string of the molecule is CCN(CC)C(=O)Nc1ccc(Br)c(OC)c1. The second-order valence-corrected chi connectivity index (χ2v) is 4.31.